The Morgan fingerprint density at radius 3 is 1.93 bits per heavy atom. The quantitative estimate of drug-likeness (QED) is 0.312. The summed E-state index contributed by atoms with van der Waals surface area (Å²) in [5, 5.41) is 4.29. The Morgan fingerprint density at radius 1 is 0.714 bits per heavy atom. The Morgan fingerprint density at radius 2 is 1.29 bits per heavy atom. The zero-order valence-corrected chi connectivity index (χ0v) is 16.5. The first-order valence-corrected chi connectivity index (χ1v) is 9.62. The van der Waals surface area contributed by atoms with E-state index in [0.717, 1.165) is 32.6 Å². The van der Waals surface area contributed by atoms with Gasteiger partial charge >= 0.3 is 0 Å². The first kappa shape index (κ1) is 18.1. The van der Waals surface area contributed by atoms with Gasteiger partial charge in [-0.25, -0.2) is 15.4 Å². The number of hydrogen-bond donors (Lipinski definition) is 1. The molecule has 4 aromatic rings. The Kier molecular flexibility index (Phi) is 5.54. The van der Waals surface area contributed by atoms with E-state index in [1.807, 2.05) is 91.0 Å². The number of nitrogens with one attached hydrogen (secondary N) is 1. The summed E-state index contributed by atoms with van der Waals surface area (Å²) in [6.07, 6.45) is 1.75. The standard InChI is InChI=1S/C23H17BrN4/c24-20-13-11-19(12-14-20)22-15-21(18-9-5-2-6-10-18)26-23(27-22)28-25-16-17-7-3-1-4-8-17/h1-16H,(H,26,27,28). The van der Waals surface area contributed by atoms with Crippen LogP contribution in [0.3, 0.4) is 0 Å². The molecule has 0 saturated carbocycles. The van der Waals surface area contributed by atoms with Crippen LogP contribution >= 0.6 is 15.9 Å². The highest BCUT2D eigenvalue weighted by molar-refractivity contribution is 9.10. The lowest BCUT2D eigenvalue weighted by atomic mass is 10.1. The molecule has 0 amide bonds. The fourth-order valence-electron chi connectivity index (χ4n) is 2.73. The number of rotatable bonds is 5. The lowest BCUT2D eigenvalue weighted by molar-refractivity contribution is 1.13. The molecule has 28 heavy (non-hydrogen) atoms. The van der Waals surface area contributed by atoms with Crippen molar-refractivity contribution < 1.29 is 0 Å². The van der Waals surface area contributed by atoms with Gasteiger partial charge in [-0.05, 0) is 23.8 Å². The molecule has 0 saturated heterocycles. The highest BCUT2D eigenvalue weighted by Gasteiger charge is 2.08. The number of halogens is 1. The average Bonchev–Trinajstić information content (AvgIpc) is 2.75. The van der Waals surface area contributed by atoms with Gasteiger partial charge in [0.1, 0.15) is 0 Å². The summed E-state index contributed by atoms with van der Waals surface area (Å²) in [6, 6.07) is 30.0. The fraction of sp³-hybridized carbons (Fsp3) is 0. The van der Waals surface area contributed by atoms with Crippen molar-refractivity contribution in [1.82, 2.24) is 9.97 Å². The van der Waals surface area contributed by atoms with Gasteiger partial charge in [0.25, 0.3) is 0 Å². The maximum absolute atomic E-state index is 4.64. The van der Waals surface area contributed by atoms with Crippen molar-refractivity contribution in [2.24, 2.45) is 5.10 Å². The van der Waals surface area contributed by atoms with Gasteiger partial charge in [0.15, 0.2) is 0 Å². The van der Waals surface area contributed by atoms with Gasteiger partial charge in [-0.3, -0.25) is 0 Å². The van der Waals surface area contributed by atoms with Gasteiger partial charge < -0.3 is 0 Å². The van der Waals surface area contributed by atoms with Crippen LogP contribution in [0.15, 0.2) is 101 Å². The summed E-state index contributed by atoms with van der Waals surface area (Å²) in [4.78, 5) is 9.27. The first-order chi connectivity index (χ1) is 13.8. The van der Waals surface area contributed by atoms with Crippen LogP contribution in [0.1, 0.15) is 5.56 Å². The second-order valence-corrected chi connectivity index (χ2v) is 7.03. The van der Waals surface area contributed by atoms with E-state index in [-0.39, 0.29) is 0 Å². The maximum Gasteiger partial charge on any atom is 0.244 e. The Balaban J connectivity index is 1.69. The molecule has 0 radical (unpaired) electrons. The molecule has 3 aromatic carbocycles. The van der Waals surface area contributed by atoms with E-state index < -0.39 is 0 Å². The minimum Gasteiger partial charge on any atom is -0.245 e. The minimum atomic E-state index is 0.450. The summed E-state index contributed by atoms with van der Waals surface area (Å²) in [7, 11) is 0. The molecule has 4 rings (SSSR count). The number of benzene rings is 3. The zero-order valence-electron chi connectivity index (χ0n) is 15.0. The second kappa shape index (κ2) is 8.59. The number of aromatic nitrogens is 2. The Labute approximate surface area is 172 Å². The van der Waals surface area contributed by atoms with Gasteiger partial charge in [-0.15, -0.1) is 0 Å². The monoisotopic (exact) mass is 428 g/mol. The van der Waals surface area contributed by atoms with Crippen molar-refractivity contribution in [2.75, 3.05) is 5.43 Å². The van der Waals surface area contributed by atoms with Crippen molar-refractivity contribution in [3.63, 3.8) is 0 Å². The molecule has 0 unspecified atom stereocenters. The molecule has 0 aliphatic heterocycles. The van der Waals surface area contributed by atoms with Crippen molar-refractivity contribution in [1.29, 1.82) is 0 Å². The number of hydrazone groups is 1. The van der Waals surface area contributed by atoms with E-state index in [9.17, 15) is 0 Å². The molecule has 136 valence electrons. The molecule has 0 bridgehead atoms. The van der Waals surface area contributed by atoms with E-state index in [2.05, 4.69) is 36.4 Å². The Bertz CT molecular complexity index is 1080. The maximum atomic E-state index is 4.64. The van der Waals surface area contributed by atoms with E-state index in [4.69, 9.17) is 0 Å². The third-order valence-corrected chi connectivity index (χ3v) is 4.64. The minimum absolute atomic E-state index is 0.450. The molecular formula is C23H17BrN4. The van der Waals surface area contributed by atoms with Crippen LogP contribution in [-0.4, -0.2) is 16.2 Å². The molecule has 1 aromatic heterocycles. The lowest BCUT2D eigenvalue weighted by Gasteiger charge is -2.08. The van der Waals surface area contributed by atoms with E-state index in [1.54, 1.807) is 6.21 Å². The largest absolute Gasteiger partial charge is 0.245 e. The van der Waals surface area contributed by atoms with Gasteiger partial charge in [0, 0.05) is 15.6 Å². The van der Waals surface area contributed by atoms with Gasteiger partial charge in [0.05, 0.1) is 17.6 Å². The number of nitrogens with zero attached hydrogens (tertiary/aromatic N) is 3. The van der Waals surface area contributed by atoms with Crippen LogP contribution in [0.2, 0.25) is 0 Å². The van der Waals surface area contributed by atoms with Gasteiger partial charge in [-0.1, -0.05) is 88.7 Å². The summed E-state index contributed by atoms with van der Waals surface area (Å²) < 4.78 is 1.03. The van der Waals surface area contributed by atoms with Crippen LogP contribution in [-0.2, 0) is 0 Å². The van der Waals surface area contributed by atoms with Gasteiger partial charge in [0.2, 0.25) is 5.95 Å². The summed E-state index contributed by atoms with van der Waals surface area (Å²) in [5.74, 6) is 0.450. The predicted molar refractivity (Wildman–Crippen MR) is 118 cm³/mol. The molecule has 4 nitrogen and oxygen atoms in total. The molecule has 1 heterocycles. The van der Waals surface area contributed by atoms with E-state index >= 15 is 0 Å². The first-order valence-electron chi connectivity index (χ1n) is 8.82. The molecule has 0 atom stereocenters. The molecule has 0 fully saturated rings. The van der Waals surface area contributed by atoms with Gasteiger partial charge in [-0.2, -0.15) is 5.10 Å². The smallest absolute Gasteiger partial charge is 0.244 e. The van der Waals surface area contributed by atoms with Crippen molar-refractivity contribution >= 4 is 28.1 Å². The summed E-state index contributed by atoms with van der Waals surface area (Å²) in [6.45, 7) is 0. The zero-order chi connectivity index (χ0) is 19.2. The lowest BCUT2D eigenvalue weighted by Crippen LogP contribution is -2.00. The Hall–Kier alpha value is -3.31. The second-order valence-electron chi connectivity index (χ2n) is 6.12. The molecular weight excluding hydrogens is 412 g/mol. The van der Waals surface area contributed by atoms with Crippen molar-refractivity contribution in [3.8, 4) is 22.5 Å². The highest BCUT2D eigenvalue weighted by atomic mass is 79.9. The average molecular weight is 429 g/mol. The molecule has 1 N–H and O–H groups in total. The number of hydrogen-bond acceptors (Lipinski definition) is 4. The molecule has 5 heteroatoms. The van der Waals surface area contributed by atoms with Crippen molar-refractivity contribution in [2.45, 2.75) is 0 Å². The topological polar surface area (TPSA) is 50.2 Å². The SMILES string of the molecule is Brc1ccc(-c2cc(-c3ccccc3)nc(NN=Cc3ccccc3)n2)cc1. The van der Waals surface area contributed by atoms with Crippen LogP contribution in [0, 0.1) is 0 Å². The number of anilines is 1. The van der Waals surface area contributed by atoms with Crippen LogP contribution in [0.4, 0.5) is 5.95 Å². The summed E-state index contributed by atoms with van der Waals surface area (Å²) >= 11 is 3.48. The third kappa shape index (κ3) is 4.50. The molecule has 0 spiro atoms. The summed E-state index contributed by atoms with van der Waals surface area (Å²) in [5.41, 5.74) is 7.67. The highest BCUT2D eigenvalue weighted by Crippen LogP contribution is 2.26. The molecule has 0 aliphatic carbocycles. The van der Waals surface area contributed by atoms with Crippen LogP contribution < -0.4 is 5.43 Å². The fourth-order valence-corrected chi connectivity index (χ4v) is 2.99. The van der Waals surface area contributed by atoms with E-state index in [1.165, 1.54) is 0 Å². The normalized spacial score (nSPS) is 10.9. The van der Waals surface area contributed by atoms with E-state index in [0.29, 0.717) is 5.95 Å². The predicted octanol–water partition coefficient (Wildman–Crippen LogP) is 6.02. The van der Waals surface area contributed by atoms with Crippen LogP contribution in [0.5, 0.6) is 0 Å². The van der Waals surface area contributed by atoms with Crippen molar-refractivity contribution in [3.05, 3.63) is 101 Å². The van der Waals surface area contributed by atoms with Crippen LogP contribution in [0.25, 0.3) is 22.5 Å². The third-order valence-electron chi connectivity index (χ3n) is 4.11. The molecule has 0 aliphatic rings.